The standard InChI is InChI=1S/C15H23NS2/c1-4-13-15(18-8-7-17-13)14(16)12-6-5-10(2)9-11(12)3/h5-6,9,13-15H,4,7-8,16H2,1-3H3. The molecule has 0 spiro atoms. The van der Waals surface area contributed by atoms with Gasteiger partial charge in [-0.15, -0.1) is 0 Å². The van der Waals surface area contributed by atoms with E-state index in [1.165, 1.54) is 34.6 Å². The predicted molar refractivity (Wildman–Crippen MR) is 85.6 cm³/mol. The topological polar surface area (TPSA) is 26.0 Å². The minimum Gasteiger partial charge on any atom is -0.323 e. The van der Waals surface area contributed by atoms with E-state index < -0.39 is 0 Å². The maximum atomic E-state index is 6.55. The van der Waals surface area contributed by atoms with Gasteiger partial charge in [0, 0.05) is 28.0 Å². The van der Waals surface area contributed by atoms with Crippen molar-refractivity contribution in [1.29, 1.82) is 0 Å². The van der Waals surface area contributed by atoms with Crippen LogP contribution in [0, 0.1) is 13.8 Å². The average Bonchev–Trinajstić information content (AvgIpc) is 2.38. The van der Waals surface area contributed by atoms with Gasteiger partial charge in [-0.2, -0.15) is 23.5 Å². The summed E-state index contributed by atoms with van der Waals surface area (Å²) in [5.74, 6) is 2.52. The maximum Gasteiger partial charge on any atom is 0.0429 e. The second kappa shape index (κ2) is 6.36. The van der Waals surface area contributed by atoms with Gasteiger partial charge in [0.2, 0.25) is 0 Å². The van der Waals surface area contributed by atoms with Crippen molar-refractivity contribution in [2.24, 2.45) is 5.73 Å². The molecule has 1 aliphatic rings. The summed E-state index contributed by atoms with van der Waals surface area (Å²) in [7, 11) is 0. The van der Waals surface area contributed by atoms with Crippen LogP contribution in [0.1, 0.15) is 36.1 Å². The van der Waals surface area contributed by atoms with Crippen molar-refractivity contribution in [2.45, 2.75) is 43.7 Å². The molecule has 3 unspecified atom stereocenters. The Morgan fingerprint density at radius 3 is 2.67 bits per heavy atom. The van der Waals surface area contributed by atoms with Gasteiger partial charge >= 0.3 is 0 Å². The zero-order valence-corrected chi connectivity index (χ0v) is 13.1. The Morgan fingerprint density at radius 2 is 2.00 bits per heavy atom. The Labute approximate surface area is 119 Å². The predicted octanol–water partition coefficient (Wildman–Crippen LogP) is 3.93. The van der Waals surface area contributed by atoms with E-state index in [1.807, 2.05) is 0 Å². The molecule has 3 atom stereocenters. The molecule has 1 aliphatic heterocycles. The summed E-state index contributed by atoms with van der Waals surface area (Å²) < 4.78 is 0. The molecule has 1 fully saturated rings. The van der Waals surface area contributed by atoms with Crippen LogP contribution in [-0.2, 0) is 0 Å². The number of hydrogen-bond acceptors (Lipinski definition) is 3. The molecule has 18 heavy (non-hydrogen) atoms. The van der Waals surface area contributed by atoms with Crippen LogP contribution in [-0.4, -0.2) is 22.0 Å². The molecule has 0 aromatic heterocycles. The van der Waals surface area contributed by atoms with Crippen molar-refractivity contribution in [2.75, 3.05) is 11.5 Å². The highest BCUT2D eigenvalue weighted by Crippen LogP contribution is 2.39. The minimum atomic E-state index is 0.174. The van der Waals surface area contributed by atoms with E-state index in [2.05, 4.69) is 62.5 Å². The lowest BCUT2D eigenvalue weighted by molar-refractivity contribution is 0.627. The fourth-order valence-electron chi connectivity index (χ4n) is 2.65. The van der Waals surface area contributed by atoms with Crippen molar-refractivity contribution in [1.82, 2.24) is 0 Å². The number of aryl methyl sites for hydroxylation is 2. The molecule has 0 aliphatic carbocycles. The van der Waals surface area contributed by atoms with Gasteiger partial charge in [-0.05, 0) is 31.4 Å². The third-order valence-electron chi connectivity index (χ3n) is 3.63. The van der Waals surface area contributed by atoms with Gasteiger partial charge in [0.15, 0.2) is 0 Å². The second-order valence-corrected chi connectivity index (χ2v) is 7.67. The van der Waals surface area contributed by atoms with E-state index in [-0.39, 0.29) is 6.04 Å². The largest absolute Gasteiger partial charge is 0.323 e. The van der Waals surface area contributed by atoms with Crippen LogP contribution in [0.25, 0.3) is 0 Å². The summed E-state index contributed by atoms with van der Waals surface area (Å²) in [4.78, 5) is 0. The smallest absolute Gasteiger partial charge is 0.0429 e. The van der Waals surface area contributed by atoms with Gasteiger partial charge in [-0.25, -0.2) is 0 Å². The molecule has 2 rings (SSSR count). The molecule has 1 nitrogen and oxygen atoms in total. The molecule has 1 saturated heterocycles. The van der Waals surface area contributed by atoms with Crippen LogP contribution in [0.4, 0.5) is 0 Å². The normalized spacial score (nSPS) is 26.0. The van der Waals surface area contributed by atoms with Gasteiger partial charge in [0.05, 0.1) is 0 Å². The summed E-state index contributed by atoms with van der Waals surface area (Å²) in [6.07, 6.45) is 1.22. The molecule has 0 radical (unpaired) electrons. The first-order valence-electron chi connectivity index (χ1n) is 6.69. The Morgan fingerprint density at radius 1 is 1.28 bits per heavy atom. The highest BCUT2D eigenvalue weighted by molar-refractivity contribution is 8.07. The highest BCUT2D eigenvalue weighted by Gasteiger charge is 2.31. The molecule has 1 aromatic carbocycles. The fourth-order valence-corrected chi connectivity index (χ4v) is 5.82. The van der Waals surface area contributed by atoms with Gasteiger partial charge in [0.1, 0.15) is 0 Å². The maximum absolute atomic E-state index is 6.55. The average molecular weight is 281 g/mol. The molecule has 3 heteroatoms. The highest BCUT2D eigenvalue weighted by atomic mass is 32.2. The number of benzene rings is 1. The summed E-state index contributed by atoms with van der Waals surface area (Å²) in [6, 6.07) is 6.83. The van der Waals surface area contributed by atoms with Crippen molar-refractivity contribution in [3.63, 3.8) is 0 Å². The zero-order chi connectivity index (χ0) is 13.1. The van der Waals surface area contributed by atoms with E-state index in [9.17, 15) is 0 Å². The summed E-state index contributed by atoms with van der Waals surface area (Å²) >= 11 is 4.17. The van der Waals surface area contributed by atoms with Crippen LogP contribution >= 0.6 is 23.5 Å². The lowest BCUT2D eigenvalue weighted by Gasteiger charge is -2.34. The van der Waals surface area contributed by atoms with Gasteiger partial charge in [-0.1, -0.05) is 30.7 Å². The number of thioether (sulfide) groups is 2. The van der Waals surface area contributed by atoms with Gasteiger partial charge in [-0.3, -0.25) is 0 Å². The summed E-state index contributed by atoms with van der Waals surface area (Å²) in [5, 5.41) is 1.27. The van der Waals surface area contributed by atoms with E-state index in [4.69, 9.17) is 5.73 Å². The number of rotatable bonds is 3. The van der Waals surface area contributed by atoms with Crippen molar-refractivity contribution in [3.05, 3.63) is 34.9 Å². The van der Waals surface area contributed by atoms with Crippen LogP contribution in [0.15, 0.2) is 18.2 Å². The van der Waals surface area contributed by atoms with Crippen molar-refractivity contribution >= 4 is 23.5 Å². The van der Waals surface area contributed by atoms with Crippen LogP contribution in [0.5, 0.6) is 0 Å². The Hall–Kier alpha value is -0.120. The Bertz CT molecular complexity index is 405. The third kappa shape index (κ3) is 3.06. The molecule has 1 heterocycles. The fraction of sp³-hybridized carbons (Fsp3) is 0.600. The lowest BCUT2D eigenvalue weighted by Crippen LogP contribution is -2.35. The first kappa shape index (κ1) is 14.3. The SMILES string of the molecule is CCC1SCCSC1C(N)c1ccc(C)cc1C. The van der Waals surface area contributed by atoms with E-state index in [0.717, 1.165) is 0 Å². The van der Waals surface area contributed by atoms with E-state index >= 15 is 0 Å². The summed E-state index contributed by atoms with van der Waals surface area (Å²) in [5.41, 5.74) is 10.5. The molecule has 1 aromatic rings. The minimum absolute atomic E-state index is 0.174. The molecule has 0 saturated carbocycles. The molecular formula is C15H23NS2. The first-order chi connectivity index (χ1) is 8.63. The quantitative estimate of drug-likeness (QED) is 0.909. The van der Waals surface area contributed by atoms with Crippen molar-refractivity contribution < 1.29 is 0 Å². The van der Waals surface area contributed by atoms with Crippen LogP contribution in [0.2, 0.25) is 0 Å². The summed E-state index contributed by atoms with van der Waals surface area (Å²) in [6.45, 7) is 6.61. The Balaban J connectivity index is 2.20. The van der Waals surface area contributed by atoms with Crippen molar-refractivity contribution in [3.8, 4) is 0 Å². The number of hydrogen-bond donors (Lipinski definition) is 1. The molecule has 0 amide bonds. The number of nitrogens with two attached hydrogens (primary N) is 1. The van der Waals surface area contributed by atoms with E-state index in [0.29, 0.717) is 10.5 Å². The van der Waals surface area contributed by atoms with Crippen LogP contribution in [0.3, 0.4) is 0 Å². The monoisotopic (exact) mass is 281 g/mol. The second-order valence-electron chi connectivity index (χ2n) is 5.04. The zero-order valence-electron chi connectivity index (χ0n) is 11.5. The van der Waals surface area contributed by atoms with Gasteiger partial charge < -0.3 is 5.73 Å². The lowest BCUT2D eigenvalue weighted by atomic mass is 9.95. The molecule has 100 valence electrons. The Kier molecular flexibility index (Phi) is 5.05. The third-order valence-corrected chi connectivity index (χ3v) is 7.00. The molecular weight excluding hydrogens is 258 g/mol. The first-order valence-corrected chi connectivity index (χ1v) is 8.79. The van der Waals surface area contributed by atoms with Crippen LogP contribution < -0.4 is 5.73 Å². The van der Waals surface area contributed by atoms with Gasteiger partial charge in [0.25, 0.3) is 0 Å². The van der Waals surface area contributed by atoms with E-state index in [1.54, 1.807) is 0 Å². The molecule has 2 N–H and O–H groups in total. The molecule has 0 bridgehead atoms.